The van der Waals surface area contributed by atoms with Crippen LogP contribution in [0.15, 0.2) is 36.4 Å². The van der Waals surface area contributed by atoms with E-state index >= 15 is 0 Å². The SMILES string of the molecule is C=C1CCC(c2ccccc2C)CC1. The molecule has 0 heteroatoms. The Morgan fingerprint density at radius 1 is 1.14 bits per heavy atom. The minimum Gasteiger partial charge on any atom is -0.0999 e. The van der Waals surface area contributed by atoms with Crippen molar-refractivity contribution in [1.29, 1.82) is 0 Å². The molecule has 2 rings (SSSR count). The summed E-state index contributed by atoms with van der Waals surface area (Å²) in [7, 11) is 0. The lowest BCUT2D eigenvalue weighted by Crippen LogP contribution is -2.07. The van der Waals surface area contributed by atoms with Gasteiger partial charge in [0.25, 0.3) is 0 Å². The Labute approximate surface area is 86.7 Å². The molecule has 0 radical (unpaired) electrons. The molecule has 1 aromatic rings. The van der Waals surface area contributed by atoms with Gasteiger partial charge in [-0.25, -0.2) is 0 Å². The fraction of sp³-hybridized carbons (Fsp3) is 0.429. The monoisotopic (exact) mass is 186 g/mol. The largest absolute Gasteiger partial charge is 0.0999 e. The molecule has 1 aliphatic rings. The van der Waals surface area contributed by atoms with Crippen LogP contribution in [-0.2, 0) is 0 Å². The summed E-state index contributed by atoms with van der Waals surface area (Å²) in [5, 5.41) is 0. The van der Waals surface area contributed by atoms with E-state index in [-0.39, 0.29) is 0 Å². The first-order chi connectivity index (χ1) is 6.77. The number of aryl methyl sites for hydroxylation is 1. The molecule has 1 aliphatic carbocycles. The molecule has 0 aliphatic heterocycles. The van der Waals surface area contributed by atoms with Crippen molar-refractivity contribution in [2.24, 2.45) is 0 Å². The number of hydrogen-bond acceptors (Lipinski definition) is 0. The summed E-state index contributed by atoms with van der Waals surface area (Å²) in [6.45, 7) is 6.29. The quantitative estimate of drug-likeness (QED) is 0.576. The van der Waals surface area contributed by atoms with Crippen molar-refractivity contribution in [1.82, 2.24) is 0 Å². The van der Waals surface area contributed by atoms with Crippen LogP contribution in [0.4, 0.5) is 0 Å². The Balaban J connectivity index is 2.16. The maximum absolute atomic E-state index is 4.06. The summed E-state index contributed by atoms with van der Waals surface area (Å²) in [5.41, 5.74) is 4.44. The molecule has 0 spiro atoms. The molecule has 0 N–H and O–H groups in total. The van der Waals surface area contributed by atoms with Crippen molar-refractivity contribution in [3.05, 3.63) is 47.5 Å². The van der Waals surface area contributed by atoms with E-state index in [9.17, 15) is 0 Å². The Bertz CT molecular complexity index is 326. The van der Waals surface area contributed by atoms with E-state index in [1.807, 2.05) is 0 Å². The third-order valence-electron chi connectivity index (χ3n) is 3.32. The van der Waals surface area contributed by atoms with Crippen LogP contribution < -0.4 is 0 Å². The zero-order valence-corrected chi connectivity index (χ0v) is 8.92. The standard InChI is InChI=1S/C14H18/c1-11-7-9-13(10-8-11)14-6-4-3-5-12(14)2/h3-6,13H,1,7-10H2,2H3. The van der Waals surface area contributed by atoms with Gasteiger partial charge in [-0.15, -0.1) is 0 Å². The van der Waals surface area contributed by atoms with Crippen molar-refractivity contribution in [2.75, 3.05) is 0 Å². The fourth-order valence-electron chi connectivity index (χ4n) is 2.38. The van der Waals surface area contributed by atoms with E-state index in [1.165, 1.54) is 36.8 Å². The third kappa shape index (κ3) is 1.89. The second kappa shape index (κ2) is 4.00. The van der Waals surface area contributed by atoms with E-state index in [2.05, 4.69) is 37.8 Å². The van der Waals surface area contributed by atoms with Gasteiger partial charge < -0.3 is 0 Å². The van der Waals surface area contributed by atoms with Gasteiger partial charge in [-0.3, -0.25) is 0 Å². The lowest BCUT2D eigenvalue weighted by molar-refractivity contribution is 0.516. The number of hydrogen-bond donors (Lipinski definition) is 0. The summed E-state index contributed by atoms with van der Waals surface area (Å²) in [6.07, 6.45) is 5.03. The predicted molar refractivity (Wildman–Crippen MR) is 61.5 cm³/mol. The third-order valence-corrected chi connectivity index (χ3v) is 3.32. The molecular weight excluding hydrogens is 168 g/mol. The summed E-state index contributed by atoms with van der Waals surface area (Å²) in [4.78, 5) is 0. The average Bonchev–Trinajstić information content (AvgIpc) is 2.20. The van der Waals surface area contributed by atoms with Gasteiger partial charge in [-0.1, -0.05) is 36.4 Å². The summed E-state index contributed by atoms with van der Waals surface area (Å²) < 4.78 is 0. The second-order valence-corrected chi connectivity index (χ2v) is 4.38. The Hall–Kier alpha value is -1.04. The molecule has 0 amide bonds. The van der Waals surface area contributed by atoms with Crippen LogP contribution >= 0.6 is 0 Å². The maximum atomic E-state index is 4.06. The Morgan fingerprint density at radius 3 is 2.43 bits per heavy atom. The van der Waals surface area contributed by atoms with Gasteiger partial charge in [-0.2, -0.15) is 0 Å². The van der Waals surface area contributed by atoms with Crippen LogP contribution in [0.1, 0.15) is 42.7 Å². The molecular formula is C14H18. The van der Waals surface area contributed by atoms with Gasteiger partial charge in [0, 0.05) is 0 Å². The predicted octanol–water partition coefficient (Wildman–Crippen LogP) is 4.21. The van der Waals surface area contributed by atoms with E-state index in [0.717, 1.165) is 5.92 Å². The van der Waals surface area contributed by atoms with E-state index < -0.39 is 0 Å². The Kier molecular flexibility index (Phi) is 2.72. The highest BCUT2D eigenvalue weighted by molar-refractivity contribution is 5.30. The number of rotatable bonds is 1. The molecule has 0 aromatic heterocycles. The lowest BCUT2D eigenvalue weighted by Gasteiger charge is -2.24. The molecule has 0 unspecified atom stereocenters. The zero-order chi connectivity index (χ0) is 9.97. The molecule has 0 bridgehead atoms. The van der Waals surface area contributed by atoms with Crippen LogP contribution in [0, 0.1) is 6.92 Å². The van der Waals surface area contributed by atoms with Crippen molar-refractivity contribution >= 4 is 0 Å². The highest BCUT2D eigenvalue weighted by atomic mass is 14.2. The first-order valence-electron chi connectivity index (χ1n) is 5.49. The van der Waals surface area contributed by atoms with Crippen molar-refractivity contribution in [2.45, 2.75) is 38.5 Å². The smallest absolute Gasteiger partial charge is 0.0153 e. The lowest BCUT2D eigenvalue weighted by atomic mass is 9.81. The van der Waals surface area contributed by atoms with Crippen LogP contribution in [0.25, 0.3) is 0 Å². The molecule has 0 heterocycles. The van der Waals surface area contributed by atoms with Crippen LogP contribution in [0.3, 0.4) is 0 Å². The maximum Gasteiger partial charge on any atom is -0.0153 e. The number of benzene rings is 1. The van der Waals surface area contributed by atoms with E-state index in [1.54, 1.807) is 5.56 Å². The van der Waals surface area contributed by atoms with Crippen LogP contribution in [-0.4, -0.2) is 0 Å². The highest BCUT2D eigenvalue weighted by Gasteiger charge is 2.18. The first kappa shape index (κ1) is 9.51. The topological polar surface area (TPSA) is 0 Å². The fourth-order valence-corrected chi connectivity index (χ4v) is 2.38. The van der Waals surface area contributed by atoms with Gasteiger partial charge in [0.15, 0.2) is 0 Å². The van der Waals surface area contributed by atoms with Gasteiger partial charge in [0.1, 0.15) is 0 Å². The van der Waals surface area contributed by atoms with E-state index in [0.29, 0.717) is 0 Å². The molecule has 1 fully saturated rings. The normalized spacial score (nSPS) is 18.5. The van der Waals surface area contributed by atoms with Crippen molar-refractivity contribution in [3.8, 4) is 0 Å². The summed E-state index contributed by atoms with van der Waals surface area (Å²) >= 11 is 0. The average molecular weight is 186 g/mol. The van der Waals surface area contributed by atoms with E-state index in [4.69, 9.17) is 0 Å². The highest BCUT2D eigenvalue weighted by Crippen LogP contribution is 2.35. The molecule has 1 aromatic carbocycles. The van der Waals surface area contributed by atoms with Gasteiger partial charge in [0.2, 0.25) is 0 Å². The number of allylic oxidation sites excluding steroid dienone is 1. The molecule has 14 heavy (non-hydrogen) atoms. The second-order valence-electron chi connectivity index (χ2n) is 4.38. The minimum atomic E-state index is 0.779. The van der Waals surface area contributed by atoms with Crippen molar-refractivity contribution in [3.63, 3.8) is 0 Å². The molecule has 0 atom stereocenters. The van der Waals surface area contributed by atoms with Crippen LogP contribution in [0.5, 0.6) is 0 Å². The Morgan fingerprint density at radius 2 is 1.79 bits per heavy atom. The van der Waals surface area contributed by atoms with Crippen molar-refractivity contribution < 1.29 is 0 Å². The summed E-state index contributed by atoms with van der Waals surface area (Å²) in [5.74, 6) is 0.779. The van der Waals surface area contributed by atoms with Crippen LogP contribution in [0.2, 0.25) is 0 Å². The molecule has 0 nitrogen and oxygen atoms in total. The van der Waals surface area contributed by atoms with Gasteiger partial charge in [-0.05, 0) is 49.7 Å². The van der Waals surface area contributed by atoms with Gasteiger partial charge in [0.05, 0.1) is 0 Å². The first-order valence-corrected chi connectivity index (χ1v) is 5.49. The summed E-state index contributed by atoms with van der Waals surface area (Å²) in [6, 6.07) is 8.79. The molecule has 1 saturated carbocycles. The van der Waals surface area contributed by atoms with Gasteiger partial charge >= 0.3 is 0 Å². The molecule has 0 saturated heterocycles. The zero-order valence-electron chi connectivity index (χ0n) is 8.92. The molecule has 74 valence electrons. The minimum absolute atomic E-state index is 0.779.